The summed E-state index contributed by atoms with van der Waals surface area (Å²) in [7, 11) is 2.19. The predicted octanol–water partition coefficient (Wildman–Crippen LogP) is 2.26. The summed E-state index contributed by atoms with van der Waals surface area (Å²) in [4.78, 5) is 2.39. The molecule has 0 atom stereocenters. The maximum Gasteiger partial charge on any atom is 0.0695 e. The zero-order valence-electron chi connectivity index (χ0n) is 12.0. The van der Waals surface area contributed by atoms with Crippen molar-refractivity contribution < 1.29 is 0 Å². The molecule has 0 unspecified atom stereocenters. The van der Waals surface area contributed by atoms with E-state index >= 15 is 0 Å². The smallest absolute Gasteiger partial charge is 0.0695 e. The van der Waals surface area contributed by atoms with Crippen LogP contribution in [-0.4, -0.2) is 41.3 Å². The van der Waals surface area contributed by atoms with Crippen LogP contribution < -0.4 is 5.32 Å². The monoisotopic (exact) mass is 270 g/mol. The highest BCUT2D eigenvalue weighted by molar-refractivity contribution is 5.62. The van der Waals surface area contributed by atoms with Crippen LogP contribution in [-0.2, 0) is 6.54 Å². The van der Waals surface area contributed by atoms with Crippen molar-refractivity contribution in [3.63, 3.8) is 0 Å². The second kappa shape index (κ2) is 6.20. The van der Waals surface area contributed by atoms with Gasteiger partial charge in [-0.05, 0) is 38.5 Å². The van der Waals surface area contributed by atoms with E-state index in [0.717, 1.165) is 12.2 Å². The molecular weight excluding hydrogens is 248 g/mol. The third kappa shape index (κ3) is 3.08. The number of likely N-dealkylation sites (tertiary alicyclic amines) is 1. The first-order valence-corrected chi connectivity index (χ1v) is 7.32. The van der Waals surface area contributed by atoms with Gasteiger partial charge >= 0.3 is 0 Å². The van der Waals surface area contributed by atoms with Gasteiger partial charge in [-0.15, -0.1) is 0 Å². The Hall–Kier alpha value is -1.65. The molecule has 0 aliphatic carbocycles. The minimum atomic E-state index is 0.629. The Morgan fingerprint density at radius 1 is 1.25 bits per heavy atom. The molecular formula is C16H22N4. The van der Waals surface area contributed by atoms with Gasteiger partial charge in [-0.1, -0.05) is 30.3 Å². The Balaban J connectivity index is 1.63. The van der Waals surface area contributed by atoms with Crippen molar-refractivity contribution in [1.29, 1.82) is 0 Å². The van der Waals surface area contributed by atoms with E-state index in [9.17, 15) is 0 Å². The summed E-state index contributed by atoms with van der Waals surface area (Å²) in [5.74, 6) is 0. The molecule has 1 aromatic heterocycles. The van der Waals surface area contributed by atoms with E-state index < -0.39 is 0 Å². The lowest BCUT2D eigenvalue weighted by atomic mass is 10.0. The molecule has 4 nitrogen and oxygen atoms in total. The van der Waals surface area contributed by atoms with Crippen LogP contribution in [0.4, 0.5) is 0 Å². The Kier molecular flexibility index (Phi) is 4.14. The van der Waals surface area contributed by atoms with Crippen LogP contribution in [0.5, 0.6) is 0 Å². The average Bonchev–Trinajstić information content (AvgIpc) is 2.96. The van der Waals surface area contributed by atoms with Crippen molar-refractivity contribution in [2.75, 3.05) is 20.1 Å². The van der Waals surface area contributed by atoms with Crippen molar-refractivity contribution in [3.8, 4) is 11.3 Å². The SMILES string of the molecule is CN1CCC(NCc2cn[nH]c2-c2ccccc2)CC1. The van der Waals surface area contributed by atoms with Crippen molar-refractivity contribution in [2.24, 2.45) is 0 Å². The second-order valence-corrected chi connectivity index (χ2v) is 5.59. The molecule has 2 aromatic rings. The normalized spacial score (nSPS) is 17.4. The van der Waals surface area contributed by atoms with Crippen LogP contribution >= 0.6 is 0 Å². The number of aromatic nitrogens is 2. The summed E-state index contributed by atoms with van der Waals surface area (Å²) in [6.07, 6.45) is 4.40. The summed E-state index contributed by atoms with van der Waals surface area (Å²) in [5.41, 5.74) is 3.58. The summed E-state index contributed by atoms with van der Waals surface area (Å²) in [5, 5.41) is 11.0. The quantitative estimate of drug-likeness (QED) is 0.895. The van der Waals surface area contributed by atoms with E-state index in [1.54, 1.807) is 0 Å². The van der Waals surface area contributed by atoms with Gasteiger partial charge in [-0.25, -0.2) is 0 Å². The fraction of sp³-hybridized carbons (Fsp3) is 0.438. The first kappa shape index (κ1) is 13.3. The topological polar surface area (TPSA) is 44.0 Å². The Bertz CT molecular complexity index is 526. The molecule has 106 valence electrons. The number of nitrogens with zero attached hydrogens (tertiary/aromatic N) is 2. The highest BCUT2D eigenvalue weighted by atomic mass is 15.1. The van der Waals surface area contributed by atoms with E-state index in [1.165, 1.54) is 37.1 Å². The van der Waals surface area contributed by atoms with Crippen molar-refractivity contribution in [3.05, 3.63) is 42.1 Å². The Morgan fingerprint density at radius 3 is 2.75 bits per heavy atom. The third-order valence-corrected chi connectivity index (χ3v) is 4.08. The zero-order valence-corrected chi connectivity index (χ0v) is 12.0. The zero-order chi connectivity index (χ0) is 13.8. The van der Waals surface area contributed by atoms with Crippen molar-refractivity contribution in [2.45, 2.75) is 25.4 Å². The highest BCUT2D eigenvalue weighted by Crippen LogP contribution is 2.21. The minimum absolute atomic E-state index is 0.629. The first-order chi connectivity index (χ1) is 9.83. The maximum atomic E-state index is 4.20. The number of piperidine rings is 1. The molecule has 0 radical (unpaired) electrons. The largest absolute Gasteiger partial charge is 0.310 e. The molecule has 2 heterocycles. The molecule has 1 saturated heterocycles. The maximum absolute atomic E-state index is 4.20. The molecule has 1 aliphatic rings. The number of aromatic amines is 1. The van der Waals surface area contributed by atoms with Crippen molar-refractivity contribution in [1.82, 2.24) is 20.4 Å². The van der Waals surface area contributed by atoms with E-state index in [-0.39, 0.29) is 0 Å². The van der Waals surface area contributed by atoms with Gasteiger partial charge in [-0.3, -0.25) is 5.10 Å². The van der Waals surface area contributed by atoms with Crippen LogP contribution in [0.3, 0.4) is 0 Å². The Labute approximate surface area is 120 Å². The van der Waals surface area contributed by atoms with Crippen LogP contribution in [0.15, 0.2) is 36.5 Å². The predicted molar refractivity (Wildman–Crippen MR) is 81.4 cm³/mol. The molecule has 20 heavy (non-hydrogen) atoms. The number of benzene rings is 1. The summed E-state index contributed by atoms with van der Waals surface area (Å²) in [6, 6.07) is 11.0. The van der Waals surface area contributed by atoms with Gasteiger partial charge in [-0.2, -0.15) is 5.10 Å². The molecule has 0 spiro atoms. The molecule has 4 heteroatoms. The summed E-state index contributed by atoms with van der Waals surface area (Å²) < 4.78 is 0. The van der Waals surface area contributed by atoms with Gasteiger partial charge in [0.1, 0.15) is 0 Å². The number of H-pyrrole nitrogens is 1. The van der Waals surface area contributed by atoms with Crippen LogP contribution in [0.2, 0.25) is 0 Å². The van der Waals surface area contributed by atoms with E-state index in [0.29, 0.717) is 6.04 Å². The molecule has 0 bridgehead atoms. The van der Waals surface area contributed by atoms with Crippen LogP contribution in [0.1, 0.15) is 18.4 Å². The highest BCUT2D eigenvalue weighted by Gasteiger charge is 2.16. The fourth-order valence-corrected chi connectivity index (χ4v) is 2.77. The van der Waals surface area contributed by atoms with Gasteiger partial charge in [0.05, 0.1) is 11.9 Å². The van der Waals surface area contributed by atoms with Gasteiger partial charge in [0.15, 0.2) is 0 Å². The molecule has 1 fully saturated rings. The minimum Gasteiger partial charge on any atom is -0.310 e. The van der Waals surface area contributed by atoms with E-state index in [2.05, 4.69) is 51.7 Å². The molecule has 0 amide bonds. The molecule has 2 N–H and O–H groups in total. The summed E-state index contributed by atoms with van der Waals surface area (Å²) in [6.45, 7) is 3.26. The standard InChI is InChI=1S/C16H22N4/c1-20-9-7-15(8-10-20)17-11-14-12-18-19-16(14)13-5-3-2-4-6-13/h2-6,12,15,17H,7-11H2,1H3,(H,18,19). The average molecular weight is 270 g/mol. The van der Waals surface area contributed by atoms with E-state index in [4.69, 9.17) is 0 Å². The van der Waals surface area contributed by atoms with Gasteiger partial charge in [0.25, 0.3) is 0 Å². The molecule has 1 aromatic carbocycles. The lowest BCUT2D eigenvalue weighted by molar-refractivity contribution is 0.234. The van der Waals surface area contributed by atoms with Gasteiger partial charge in [0, 0.05) is 18.2 Å². The second-order valence-electron chi connectivity index (χ2n) is 5.59. The molecule has 0 saturated carbocycles. The number of rotatable bonds is 4. The van der Waals surface area contributed by atoms with Gasteiger partial charge in [0.2, 0.25) is 0 Å². The lowest BCUT2D eigenvalue weighted by Crippen LogP contribution is -2.40. The summed E-state index contributed by atoms with van der Waals surface area (Å²) >= 11 is 0. The molecule has 3 rings (SSSR count). The number of hydrogen-bond donors (Lipinski definition) is 2. The third-order valence-electron chi connectivity index (χ3n) is 4.08. The van der Waals surface area contributed by atoms with Crippen LogP contribution in [0.25, 0.3) is 11.3 Å². The van der Waals surface area contributed by atoms with Gasteiger partial charge < -0.3 is 10.2 Å². The Morgan fingerprint density at radius 2 is 2.00 bits per heavy atom. The fourth-order valence-electron chi connectivity index (χ4n) is 2.77. The van der Waals surface area contributed by atoms with E-state index in [1.807, 2.05) is 12.3 Å². The molecule has 1 aliphatic heterocycles. The number of nitrogens with one attached hydrogen (secondary N) is 2. The van der Waals surface area contributed by atoms with Crippen LogP contribution in [0, 0.1) is 0 Å². The number of hydrogen-bond acceptors (Lipinski definition) is 3. The lowest BCUT2D eigenvalue weighted by Gasteiger charge is -2.29. The first-order valence-electron chi connectivity index (χ1n) is 7.32. The van der Waals surface area contributed by atoms with Crippen molar-refractivity contribution >= 4 is 0 Å².